The van der Waals surface area contributed by atoms with Crippen molar-refractivity contribution in [3.8, 4) is 11.1 Å². The standard InChI is InChI=1S/C14H16BrN3/c1-10-2-3-11(6-14(10)15)12-7-17-18(9-12)13-4-5-16-8-13/h2-3,6-7,9,13,16H,4-5,8H2,1H3. The van der Waals surface area contributed by atoms with Gasteiger partial charge >= 0.3 is 0 Å². The minimum Gasteiger partial charge on any atom is -0.315 e. The third-order valence-electron chi connectivity index (χ3n) is 3.52. The molecule has 2 aromatic rings. The maximum atomic E-state index is 4.49. The van der Waals surface area contributed by atoms with Crippen LogP contribution < -0.4 is 5.32 Å². The van der Waals surface area contributed by atoms with Crippen LogP contribution in [0.5, 0.6) is 0 Å². The van der Waals surface area contributed by atoms with Crippen LogP contribution in [-0.4, -0.2) is 22.9 Å². The van der Waals surface area contributed by atoms with Crippen LogP contribution in [0.4, 0.5) is 0 Å². The number of nitrogens with zero attached hydrogens (tertiary/aromatic N) is 2. The number of nitrogens with one attached hydrogen (secondary N) is 1. The first-order valence-electron chi connectivity index (χ1n) is 6.25. The van der Waals surface area contributed by atoms with E-state index in [-0.39, 0.29) is 0 Å². The first-order chi connectivity index (χ1) is 8.74. The zero-order valence-corrected chi connectivity index (χ0v) is 11.9. The van der Waals surface area contributed by atoms with Gasteiger partial charge in [-0.25, -0.2) is 0 Å². The fraction of sp³-hybridized carbons (Fsp3) is 0.357. The molecule has 1 fully saturated rings. The molecular formula is C14H16BrN3. The van der Waals surface area contributed by atoms with E-state index in [4.69, 9.17) is 0 Å². The molecule has 0 amide bonds. The van der Waals surface area contributed by atoms with Crippen LogP contribution in [0.1, 0.15) is 18.0 Å². The average molecular weight is 306 g/mol. The summed E-state index contributed by atoms with van der Waals surface area (Å²) < 4.78 is 3.23. The molecule has 1 aromatic heterocycles. The zero-order chi connectivity index (χ0) is 12.5. The Labute approximate surface area is 115 Å². The number of benzene rings is 1. The quantitative estimate of drug-likeness (QED) is 0.923. The fourth-order valence-electron chi connectivity index (χ4n) is 2.32. The van der Waals surface area contributed by atoms with Crippen molar-refractivity contribution < 1.29 is 0 Å². The zero-order valence-electron chi connectivity index (χ0n) is 10.4. The van der Waals surface area contributed by atoms with Gasteiger partial charge in [-0.15, -0.1) is 0 Å². The van der Waals surface area contributed by atoms with Gasteiger partial charge in [-0.1, -0.05) is 28.1 Å². The Hall–Kier alpha value is -1.13. The van der Waals surface area contributed by atoms with Crippen molar-refractivity contribution in [1.29, 1.82) is 0 Å². The molecule has 1 saturated heterocycles. The topological polar surface area (TPSA) is 29.9 Å². The van der Waals surface area contributed by atoms with Gasteiger partial charge in [0, 0.05) is 22.8 Å². The monoisotopic (exact) mass is 305 g/mol. The Morgan fingerprint density at radius 3 is 3.00 bits per heavy atom. The molecule has 3 nitrogen and oxygen atoms in total. The highest BCUT2D eigenvalue weighted by molar-refractivity contribution is 9.10. The minimum absolute atomic E-state index is 0.507. The van der Waals surface area contributed by atoms with Crippen molar-refractivity contribution in [1.82, 2.24) is 15.1 Å². The predicted octanol–water partition coefficient (Wildman–Crippen LogP) is 3.16. The molecule has 1 N–H and O–H groups in total. The molecule has 1 aliphatic heterocycles. The van der Waals surface area contributed by atoms with Gasteiger partial charge < -0.3 is 5.32 Å². The van der Waals surface area contributed by atoms with E-state index in [0.29, 0.717) is 6.04 Å². The Morgan fingerprint density at radius 1 is 1.39 bits per heavy atom. The predicted molar refractivity (Wildman–Crippen MR) is 76.6 cm³/mol. The third kappa shape index (κ3) is 2.22. The Bertz CT molecular complexity index is 556. The van der Waals surface area contributed by atoms with Crippen molar-refractivity contribution in [3.63, 3.8) is 0 Å². The summed E-state index contributed by atoms with van der Waals surface area (Å²) >= 11 is 3.58. The molecule has 94 valence electrons. The normalized spacial score (nSPS) is 19.3. The van der Waals surface area contributed by atoms with Crippen LogP contribution in [0.3, 0.4) is 0 Å². The van der Waals surface area contributed by atoms with E-state index < -0.39 is 0 Å². The Balaban J connectivity index is 1.89. The van der Waals surface area contributed by atoms with Crippen LogP contribution in [-0.2, 0) is 0 Å². The van der Waals surface area contributed by atoms with Crippen molar-refractivity contribution in [3.05, 3.63) is 40.6 Å². The van der Waals surface area contributed by atoms with Crippen molar-refractivity contribution in [2.45, 2.75) is 19.4 Å². The van der Waals surface area contributed by atoms with Gasteiger partial charge in [0.05, 0.1) is 12.2 Å². The minimum atomic E-state index is 0.507. The van der Waals surface area contributed by atoms with Gasteiger partial charge in [0.25, 0.3) is 0 Å². The second-order valence-corrected chi connectivity index (χ2v) is 5.67. The molecule has 1 aliphatic rings. The molecule has 3 rings (SSSR count). The number of hydrogen-bond acceptors (Lipinski definition) is 2. The van der Waals surface area contributed by atoms with E-state index in [1.807, 2.05) is 6.20 Å². The molecule has 1 atom stereocenters. The summed E-state index contributed by atoms with van der Waals surface area (Å²) in [5, 5.41) is 7.86. The smallest absolute Gasteiger partial charge is 0.0655 e. The van der Waals surface area contributed by atoms with Crippen LogP contribution >= 0.6 is 15.9 Å². The van der Waals surface area contributed by atoms with Crippen LogP contribution in [0, 0.1) is 6.92 Å². The second-order valence-electron chi connectivity index (χ2n) is 4.82. The largest absolute Gasteiger partial charge is 0.315 e. The summed E-state index contributed by atoms with van der Waals surface area (Å²) in [7, 11) is 0. The Kier molecular flexibility index (Phi) is 3.22. The number of aromatic nitrogens is 2. The summed E-state index contributed by atoms with van der Waals surface area (Å²) in [5.41, 5.74) is 3.65. The molecule has 4 heteroatoms. The van der Waals surface area contributed by atoms with E-state index in [2.05, 4.69) is 62.3 Å². The first-order valence-corrected chi connectivity index (χ1v) is 7.05. The fourth-order valence-corrected chi connectivity index (χ4v) is 2.70. The van der Waals surface area contributed by atoms with Gasteiger partial charge in [0.1, 0.15) is 0 Å². The molecule has 1 unspecified atom stereocenters. The van der Waals surface area contributed by atoms with Crippen LogP contribution in [0.15, 0.2) is 35.1 Å². The number of aryl methyl sites for hydroxylation is 1. The van der Waals surface area contributed by atoms with Crippen molar-refractivity contribution >= 4 is 15.9 Å². The maximum Gasteiger partial charge on any atom is 0.0655 e. The van der Waals surface area contributed by atoms with Crippen LogP contribution in [0.2, 0.25) is 0 Å². The van der Waals surface area contributed by atoms with E-state index in [9.17, 15) is 0 Å². The highest BCUT2D eigenvalue weighted by atomic mass is 79.9. The van der Waals surface area contributed by atoms with Gasteiger partial charge in [0.15, 0.2) is 0 Å². The lowest BCUT2D eigenvalue weighted by Crippen LogP contribution is -2.13. The van der Waals surface area contributed by atoms with Gasteiger partial charge in [-0.3, -0.25) is 4.68 Å². The van der Waals surface area contributed by atoms with Gasteiger partial charge in [-0.05, 0) is 37.1 Å². The van der Waals surface area contributed by atoms with Gasteiger partial charge in [0.2, 0.25) is 0 Å². The summed E-state index contributed by atoms with van der Waals surface area (Å²) in [4.78, 5) is 0. The number of rotatable bonds is 2. The van der Waals surface area contributed by atoms with Crippen molar-refractivity contribution in [2.75, 3.05) is 13.1 Å². The lowest BCUT2D eigenvalue weighted by molar-refractivity contribution is 0.491. The summed E-state index contributed by atoms with van der Waals surface area (Å²) in [5.74, 6) is 0. The van der Waals surface area contributed by atoms with E-state index in [0.717, 1.165) is 17.6 Å². The third-order valence-corrected chi connectivity index (χ3v) is 4.37. The van der Waals surface area contributed by atoms with E-state index in [1.54, 1.807) is 0 Å². The SMILES string of the molecule is Cc1ccc(-c2cnn(C3CCNC3)c2)cc1Br. The number of hydrogen-bond donors (Lipinski definition) is 1. The Morgan fingerprint density at radius 2 is 2.28 bits per heavy atom. The molecule has 0 saturated carbocycles. The molecule has 0 bridgehead atoms. The summed E-state index contributed by atoms with van der Waals surface area (Å²) in [6.07, 6.45) is 5.27. The molecule has 0 aliphatic carbocycles. The summed E-state index contributed by atoms with van der Waals surface area (Å²) in [6.45, 7) is 4.22. The van der Waals surface area contributed by atoms with Crippen LogP contribution in [0.25, 0.3) is 11.1 Å². The van der Waals surface area contributed by atoms with E-state index in [1.165, 1.54) is 23.1 Å². The highest BCUT2D eigenvalue weighted by Crippen LogP contribution is 2.26. The van der Waals surface area contributed by atoms with Crippen molar-refractivity contribution in [2.24, 2.45) is 0 Å². The van der Waals surface area contributed by atoms with Gasteiger partial charge in [-0.2, -0.15) is 5.10 Å². The number of halogens is 1. The molecular weight excluding hydrogens is 290 g/mol. The average Bonchev–Trinajstić information content (AvgIpc) is 3.01. The molecule has 18 heavy (non-hydrogen) atoms. The molecule has 2 heterocycles. The lowest BCUT2D eigenvalue weighted by atomic mass is 10.1. The lowest BCUT2D eigenvalue weighted by Gasteiger charge is -2.07. The molecule has 1 aromatic carbocycles. The highest BCUT2D eigenvalue weighted by Gasteiger charge is 2.17. The molecule has 0 spiro atoms. The second kappa shape index (κ2) is 4.86. The molecule has 0 radical (unpaired) electrons. The summed E-state index contributed by atoms with van der Waals surface area (Å²) in [6, 6.07) is 6.94. The first kappa shape index (κ1) is 11.9. The van der Waals surface area contributed by atoms with E-state index >= 15 is 0 Å². The maximum absolute atomic E-state index is 4.49.